The lowest BCUT2D eigenvalue weighted by atomic mass is 9.84. The Morgan fingerprint density at radius 2 is 1.00 bits per heavy atom. The lowest BCUT2D eigenvalue weighted by molar-refractivity contribution is -0.419. The zero-order valence-corrected chi connectivity index (χ0v) is 21.7. The van der Waals surface area contributed by atoms with Crippen molar-refractivity contribution in [2.24, 2.45) is 22.0 Å². The van der Waals surface area contributed by atoms with Crippen molar-refractivity contribution >= 4 is 10.1 Å². The monoisotopic (exact) mass is 522 g/mol. The van der Waals surface area contributed by atoms with Crippen molar-refractivity contribution < 1.29 is 18.7 Å². The van der Waals surface area contributed by atoms with E-state index in [1.165, 1.54) is 19.3 Å². The van der Waals surface area contributed by atoms with Crippen LogP contribution in [0.2, 0.25) is 0 Å². The predicted octanol–water partition coefficient (Wildman–Crippen LogP) is 8.73. The third-order valence-electron chi connectivity index (χ3n) is 5.12. The molecule has 34 heavy (non-hydrogen) atoms. The largest absolute Gasteiger partial charge is 0.355 e. The van der Waals surface area contributed by atoms with Crippen LogP contribution in [-0.2, 0) is 10.1 Å². The maximum Gasteiger partial charge on any atom is 0.266 e. The Bertz CT molecular complexity index is 480. The first kappa shape index (κ1) is 59.1. The third kappa shape index (κ3) is 53.3. The molecule has 0 aromatic rings. The van der Waals surface area contributed by atoms with Gasteiger partial charge in [0.15, 0.2) is 0 Å². The van der Waals surface area contributed by atoms with E-state index in [1.54, 1.807) is 0 Å². The van der Waals surface area contributed by atoms with Crippen molar-refractivity contribution in [3.8, 4) is 0 Å². The molecule has 222 valence electrons. The Balaban J connectivity index is -0.0000000382. The van der Waals surface area contributed by atoms with E-state index in [0.717, 1.165) is 6.42 Å². The van der Waals surface area contributed by atoms with Gasteiger partial charge in [0.1, 0.15) is 0 Å². The lowest BCUT2D eigenvalue weighted by Crippen LogP contribution is -2.60. The molecule has 0 aromatic heterocycles. The van der Waals surface area contributed by atoms with Gasteiger partial charge in [-0.3, -0.25) is 4.55 Å². The Hall–Kier alpha value is -0.170. The van der Waals surface area contributed by atoms with Crippen LogP contribution in [0.15, 0.2) is 0 Å². The van der Waals surface area contributed by atoms with Gasteiger partial charge in [-0.1, -0.05) is 133 Å². The summed E-state index contributed by atoms with van der Waals surface area (Å²) in [5, 5.41) is 0. The average molecular weight is 522 g/mol. The summed E-state index contributed by atoms with van der Waals surface area (Å²) < 4.78 is 29.5. The van der Waals surface area contributed by atoms with Crippen LogP contribution in [-0.4, -0.2) is 30.8 Å². The number of hydrogen-bond acceptors (Lipinski definition) is 3. The number of nitrogens with two attached hydrogens (primary N) is 1. The van der Waals surface area contributed by atoms with Crippen molar-refractivity contribution in [2.45, 2.75) is 165 Å². The van der Waals surface area contributed by atoms with Crippen LogP contribution in [0.4, 0.5) is 0 Å². The van der Waals surface area contributed by atoms with Crippen molar-refractivity contribution in [3.05, 3.63) is 0 Å². The Morgan fingerprint density at radius 3 is 1.15 bits per heavy atom. The van der Waals surface area contributed by atoms with Gasteiger partial charge in [0, 0.05) is 12.5 Å². The van der Waals surface area contributed by atoms with Crippen LogP contribution < -0.4 is 11.5 Å². The fourth-order valence-corrected chi connectivity index (χ4v) is 2.93. The Morgan fingerprint density at radius 1 is 0.735 bits per heavy atom. The highest BCUT2D eigenvalue weighted by Gasteiger charge is 2.22. The van der Waals surface area contributed by atoms with Gasteiger partial charge < -0.3 is 11.5 Å². The van der Waals surface area contributed by atoms with Gasteiger partial charge in [0.2, 0.25) is 0 Å². The van der Waals surface area contributed by atoms with E-state index >= 15 is 0 Å². The molecule has 5 nitrogen and oxygen atoms in total. The van der Waals surface area contributed by atoms with Gasteiger partial charge in [-0.25, -0.2) is 0 Å². The highest BCUT2D eigenvalue weighted by atomic mass is 32.2. The lowest BCUT2D eigenvalue weighted by Gasteiger charge is -2.25. The van der Waals surface area contributed by atoms with Crippen LogP contribution in [0.25, 0.3) is 0 Å². The zero-order valence-electron chi connectivity index (χ0n) is 20.9. The molecule has 0 spiro atoms. The second-order valence-electron chi connectivity index (χ2n) is 11.0. The summed E-state index contributed by atoms with van der Waals surface area (Å²) in [7, 11) is -3.93. The molecule has 0 fully saturated rings. The maximum atomic E-state index is 10.5. The van der Waals surface area contributed by atoms with Gasteiger partial charge in [-0.2, -0.15) is 8.42 Å². The van der Waals surface area contributed by atoms with Gasteiger partial charge >= 0.3 is 0 Å². The van der Waals surface area contributed by atoms with Crippen LogP contribution in [0.5, 0.6) is 0 Å². The second-order valence-corrected chi connectivity index (χ2v) is 12.5. The van der Waals surface area contributed by atoms with Gasteiger partial charge in [0.05, 0.1) is 11.8 Å². The summed E-state index contributed by atoms with van der Waals surface area (Å²) in [6, 6.07) is 0.116. The smallest absolute Gasteiger partial charge is 0.266 e. The maximum absolute atomic E-state index is 10.5. The second kappa shape index (κ2) is 25.9. The highest BCUT2D eigenvalue weighted by molar-refractivity contribution is 7.85. The highest BCUT2D eigenvalue weighted by Crippen LogP contribution is 2.26. The summed E-state index contributed by atoms with van der Waals surface area (Å²) in [5.74, 6) is -0.351. The molecule has 0 bridgehead atoms. The predicted molar refractivity (Wildman–Crippen MR) is 164 cm³/mol. The van der Waals surface area contributed by atoms with Gasteiger partial charge in [-0.05, 0) is 29.6 Å². The zero-order chi connectivity index (χ0) is 23.4. The first-order chi connectivity index (χ1) is 12.2. The summed E-state index contributed by atoms with van der Waals surface area (Å²) in [5.41, 5.74) is 10.6. The van der Waals surface area contributed by atoms with E-state index < -0.39 is 16.2 Å². The molecule has 0 saturated heterocycles. The SMILES string of the molecule is C.C.C.C.C.C.CCC(C)(C)C.CCC(C)(C)CC(C)[NH3+].CCC(C)(C)CC(N)CS(=O)(=O)O. The molecular weight excluding hydrogens is 444 g/mol. The molecule has 0 heterocycles. The normalized spacial score (nSPS) is 12.3. The molecule has 0 amide bonds. The third-order valence-corrected chi connectivity index (χ3v) is 5.96. The molecular formula is C28H77N2O3S+. The standard InChI is InChI=1S/C8H19NO3S.C8H19N.C6H14.6CH4/c1-4-8(2,3)5-7(9)6-13(10,11)12;1-5-8(3,4)6-7(2)9;1-5-6(2,3)4;;;;;;/h7H,4-6,9H2,1-3H3,(H,10,11,12);7H,5-6,9H2,1-4H3;5H2,1-4H3;6*1H4/p+1. The minimum Gasteiger partial charge on any atom is -0.355 e. The minimum atomic E-state index is -3.93. The van der Waals surface area contributed by atoms with E-state index in [4.69, 9.17) is 10.3 Å². The molecule has 6 N–H and O–H groups in total. The van der Waals surface area contributed by atoms with Crippen molar-refractivity contribution in [1.29, 1.82) is 0 Å². The number of hydrogen-bond donors (Lipinski definition) is 3. The topological polar surface area (TPSA) is 108 Å². The summed E-state index contributed by atoms with van der Waals surface area (Å²) >= 11 is 0. The Kier molecular flexibility index (Phi) is 45.1. The van der Waals surface area contributed by atoms with Crippen LogP contribution in [0, 0.1) is 16.2 Å². The van der Waals surface area contributed by atoms with E-state index in [2.05, 4.69) is 61.1 Å². The van der Waals surface area contributed by atoms with E-state index in [9.17, 15) is 8.42 Å². The minimum absolute atomic E-state index is 0. The summed E-state index contributed by atoms with van der Waals surface area (Å²) in [6.07, 6.45) is 5.30. The molecule has 2 unspecified atom stereocenters. The molecule has 0 aliphatic rings. The van der Waals surface area contributed by atoms with Crippen molar-refractivity contribution in [3.63, 3.8) is 0 Å². The fourth-order valence-electron chi connectivity index (χ4n) is 2.27. The van der Waals surface area contributed by atoms with Crippen LogP contribution in [0.3, 0.4) is 0 Å². The Labute approximate surface area is 221 Å². The average Bonchev–Trinajstić information content (AvgIpc) is 2.44. The molecule has 0 aliphatic carbocycles. The van der Waals surface area contributed by atoms with E-state index in [1.807, 2.05) is 20.8 Å². The molecule has 0 saturated carbocycles. The molecule has 2 atom stereocenters. The molecule has 6 heteroatoms. The van der Waals surface area contributed by atoms with Gasteiger partial charge in [-0.15, -0.1) is 0 Å². The summed E-state index contributed by atoms with van der Waals surface area (Å²) in [4.78, 5) is 0. The van der Waals surface area contributed by atoms with E-state index in [0.29, 0.717) is 23.3 Å². The van der Waals surface area contributed by atoms with Gasteiger partial charge in [0.25, 0.3) is 10.1 Å². The first-order valence-electron chi connectivity index (χ1n) is 10.7. The summed E-state index contributed by atoms with van der Waals surface area (Å²) in [6.45, 7) is 24.0. The molecule has 0 radical (unpaired) electrons. The number of rotatable bonds is 8. The van der Waals surface area contributed by atoms with Crippen molar-refractivity contribution in [2.75, 3.05) is 5.75 Å². The molecule has 0 rings (SSSR count). The van der Waals surface area contributed by atoms with Crippen LogP contribution in [0.1, 0.15) is 153 Å². The fraction of sp³-hybridized carbons (Fsp3) is 1.00. The molecule has 0 aromatic carbocycles. The van der Waals surface area contributed by atoms with Crippen molar-refractivity contribution in [1.82, 2.24) is 0 Å². The molecule has 0 aliphatic heterocycles. The van der Waals surface area contributed by atoms with Crippen LogP contribution >= 0.6 is 0 Å². The first-order valence-corrected chi connectivity index (χ1v) is 12.3. The number of quaternary nitrogens is 1. The quantitative estimate of drug-likeness (QED) is 0.277. The van der Waals surface area contributed by atoms with E-state index in [-0.39, 0.29) is 55.7 Å².